The van der Waals surface area contributed by atoms with Crippen molar-refractivity contribution < 1.29 is 4.74 Å². The van der Waals surface area contributed by atoms with Gasteiger partial charge in [-0.15, -0.1) is 0 Å². The molecule has 3 nitrogen and oxygen atoms in total. The average molecular weight is 240 g/mol. The quantitative estimate of drug-likeness (QED) is 0.716. The van der Waals surface area contributed by atoms with E-state index in [0.29, 0.717) is 6.04 Å². The second-order valence-corrected chi connectivity index (χ2v) is 5.86. The van der Waals surface area contributed by atoms with Crippen LogP contribution in [0, 0.1) is 11.8 Å². The first-order valence-electron chi connectivity index (χ1n) is 7.27. The van der Waals surface area contributed by atoms with Gasteiger partial charge in [0.2, 0.25) is 0 Å². The summed E-state index contributed by atoms with van der Waals surface area (Å²) in [6.45, 7) is 11.9. The smallest absolute Gasteiger partial charge is 0.0593 e. The SMILES string of the molecule is CCOCCN1CC(C(C)C)NCC1C1CC1. The first-order valence-corrected chi connectivity index (χ1v) is 7.27. The summed E-state index contributed by atoms with van der Waals surface area (Å²) >= 11 is 0. The Hall–Kier alpha value is -0.120. The van der Waals surface area contributed by atoms with E-state index in [1.807, 2.05) is 0 Å². The van der Waals surface area contributed by atoms with E-state index in [9.17, 15) is 0 Å². The number of nitrogens with one attached hydrogen (secondary N) is 1. The van der Waals surface area contributed by atoms with Gasteiger partial charge in [-0.2, -0.15) is 0 Å². The second-order valence-electron chi connectivity index (χ2n) is 5.86. The van der Waals surface area contributed by atoms with Crippen LogP contribution >= 0.6 is 0 Å². The Bertz CT molecular complexity index is 228. The average Bonchev–Trinajstić information content (AvgIpc) is 3.13. The fourth-order valence-corrected chi connectivity index (χ4v) is 2.83. The van der Waals surface area contributed by atoms with Crippen LogP contribution in [0.15, 0.2) is 0 Å². The standard InChI is InChI=1S/C14H28N2O/c1-4-17-8-7-16-10-13(11(2)3)15-9-14(16)12-5-6-12/h11-15H,4-10H2,1-3H3. The number of hydrogen-bond donors (Lipinski definition) is 1. The zero-order valence-corrected chi connectivity index (χ0v) is 11.6. The lowest BCUT2D eigenvalue weighted by molar-refractivity contribution is 0.0556. The molecule has 17 heavy (non-hydrogen) atoms. The molecule has 0 aromatic heterocycles. The third-order valence-corrected chi connectivity index (χ3v) is 4.19. The Balaban J connectivity index is 1.85. The van der Waals surface area contributed by atoms with Crippen LogP contribution in [0.25, 0.3) is 0 Å². The van der Waals surface area contributed by atoms with Gasteiger partial charge in [0.05, 0.1) is 6.61 Å². The number of hydrogen-bond acceptors (Lipinski definition) is 3. The summed E-state index contributed by atoms with van der Waals surface area (Å²) in [6.07, 6.45) is 2.87. The maximum Gasteiger partial charge on any atom is 0.0593 e. The fraction of sp³-hybridized carbons (Fsp3) is 1.00. The Morgan fingerprint density at radius 1 is 1.35 bits per heavy atom. The van der Waals surface area contributed by atoms with E-state index >= 15 is 0 Å². The Morgan fingerprint density at radius 3 is 2.71 bits per heavy atom. The molecule has 2 atom stereocenters. The molecule has 100 valence electrons. The fourth-order valence-electron chi connectivity index (χ4n) is 2.83. The lowest BCUT2D eigenvalue weighted by Gasteiger charge is -2.42. The lowest BCUT2D eigenvalue weighted by Crippen LogP contribution is -2.59. The molecule has 1 saturated heterocycles. The second kappa shape index (κ2) is 6.17. The van der Waals surface area contributed by atoms with Crippen molar-refractivity contribution in [1.82, 2.24) is 10.2 Å². The van der Waals surface area contributed by atoms with Crippen LogP contribution in [-0.2, 0) is 4.74 Å². The third-order valence-electron chi connectivity index (χ3n) is 4.19. The zero-order valence-electron chi connectivity index (χ0n) is 11.6. The van der Waals surface area contributed by atoms with Crippen LogP contribution in [-0.4, -0.2) is 49.8 Å². The molecule has 0 radical (unpaired) electrons. The van der Waals surface area contributed by atoms with E-state index in [1.54, 1.807) is 0 Å². The lowest BCUT2D eigenvalue weighted by atomic mass is 9.97. The Morgan fingerprint density at radius 2 is 2.12 bits per heavy atom. The maximum absolute atomic E-state index is 5.52. The van der Waals surface area contributed by atoms with Crippen LogP contribution in [0.5, 0.6) is 0 Å². The van der Waals surface area contributed by atoms with E-state index in [1.165, 1.54) is 25.9 Å². The highest BCUT2D eigenvalue weighted by Gasteiger charge is 2.38. The van der Waals surface area contributed by atoms with Crippen molar-refractivity contribution in [2.75, 3.05) is 32.8 Å². The monoisotopic (exact) mass is 240 g/mol. The molecule has 2 rings (SSSR count). The first kappa shape index (κ1) is 13.3. The Labute approximate surface area is 106 Å². The highest BCUT2D eigenvalue weighted by atomic mass is 16.5. The van der Waals surface area contributed by atoms with Crippen LogP contribution < -0.4 is 5.32 Å². The van der Waals surface area contributed by atoms with Gasteiger partial charge in [-0.1, -0.05) is 13.8 Å². The van der Waals surface area contributed by atoms with E-state index in [4.69, 9.17) is 4.74 Å². The van der Waals surface area contributed by atoms with Crippen molar-refractivity contribution in [1.29, 1.82) is 0 Å². The predicted molar refractivity (Wildman–Crippen MR) is 71.2 cm³/mol. The van der Waals surface area contributed by atoms with Crippen LogP contribution in [0.1, 0.15) is 33.6 Å². The summed E-state index contributed by atoms with van der Waals surface area (Å²) in [5.74, 6) is 1.68. The molecule has 2 fully saturated rings. The van der Waals surface area contributed by atoms with E-state index in [0.717, 1.165) is 37.6 Å². The molecule has 1 saturated carbocycles. The van der Waals surface area contributed by atoms with Gasteiger partial charge >= 0.3 is 0 Å². The summed E-state index contributed by atoms with van der Waals surface area (Å²) < 4.78 is 5.52. The summed E-state index contributed by atoms with van der Waals surface area (Å²) in [5, 5.41) is 3.73. The topological polar surface area (TPSA) is 24.5 Å². The van der Waals surface area contributed by atoms with Crippen LogP contribution in [0.2, 0.25) is 0 Å². The molecule has 2 unspecified atom stereocenters. The highest BCUT2D eigenvalue weighted by molar-refractivity contribution is 4.95. The molecule has 0 spiro atoms. The molecule has 1 heterocycles. The van der Waals surface area contributed by atoms with Crippen molar-refractivity contribution >= 4 is 0 Å². The molecular formula is C14H28N2O. The molecule has 0 aromatic carbocycles. The molecule has 0 bridgehead atoms. The highest BCUT2D eigenvalue weighted by Crippen LogP contribution is 2.36. The van der Waals surface area contributed by atoms with Gasteiger partial charge in [0, 0.05) is 38.3 Å². The number of ether oxygens (including phenoxy) is 1. The van der Waals surface area contributed by atoms with Gasteiger partial charge < -0.3 is 10.1 Å². The van der Waals surface area contributed by atoms with Gasteiger partial charge in [-0.25, -0.2) is 0 Å². The first-order chi connectivity index (χ1) is 8.22. The van der Waals surface area contributed by atoms with Crippen molar-refractivity contribution in [2.24, 2.45) is 11.8 Å². The van der Waals surface area contributed by atoms with Crippen molar-refractivity contribution in [3.63, 3.8) is 0 Å². The van der Waals surface area contributed by atoms with E-state index in [2.05, 4.69) is 31.0 Å². The predicted octanol–water partition coefficient (Wildman–Crippen LogP) is 1.73. The summed E-state index contributed by atoms with van der Waals surface area (Å²) in [7, 11) is 0. The third kappa shape index (κ3) is 3.67. The van der Waals surface area contributed by atoms with E-state index < -0.39 is 0 Å². The number of rotatable bonds is 6. The Kier molecular flexibility index (Phi) is 4.83. The summed E-state index contributed by atoms with van der Waals surface area (Å²) in [4.78, 5) is 2.68. The van der Waals surface area contributed by atoms with Crippen LogP contribution in [0.4, 0.5) is 0 Å². The maximum atomic E-state index is 5.52. The molecule has 1 aliphatic heterocycles. The number of piperazine rings is 1. The van der Waals surface area contributed by atoms with Gasteiger partial charge in [0.1, 0.15) is 0 Å². The largest absolute Gasteiger partial charge is 0.380 e. The molecule has 2 aliphatic rings. The molecular weight excluding hydrogens is 212 g/mol. The van der Waals surface area contributed by atoms with Gasteiger partial charge in [0.25, 0.3) is 0 Å². The molecule has 3 heteroatoms. The minimum atomic E-state index is 0.659. The van der Waals surface area contributed by atoms with Gasteiger partial charge in [-0.3, -0.25) is 4.90 Å². The normalized spacial score (nSPS) is 31.1. The minimum Gasteiger partial charge on any atom is -0.380 e. The van der Waals surface area contributed by atoms with E-state index in [-0.39, 0.29) is 0 Å². The van der Waals surface area contributed by atoms with Crippen molar-refractivity contribution in [3.8, 4) is 0 Å². The zero-order chi connectivity index (χ0) is 12.3. The van der Waals surface area contributed by atoms with Gasteiger partial charge in [0.15, 0.2) is 0 Å². The molecule has 0 aromatic rings. The number of nitrogens with zero attached hydrogens (tertiary/aromatic N) is 1. The van der Waals surface area contributed by atoms with Crippen LogP contribution in [0.3, 0.4) is 0 Å². The molecule has 1 aliphatic carbocycles. The van der Waals surface area contributed by atoms with Crippen molar-refractivity contribution in [3.05, 3.63) is 0 Å². The van der Waals surface area contributed by atoms with Crippen molar-refractivity contribution in [2.45, 2.75) is 45.7 Å². The molecule has 1 N–H and O–H groups in total. The summed E-state index contributed by atoms with van der Waals surface area (Å²) in [5.41, 5.74) is 0. The van der Waals surface area contributed by atoms with Gasteiger partial charge in [-0.05, 0) is 31.6 Å². The molecule has 0 amide bonds. The summed E-state index contributed by atoms with van der Waals surface area (Å²) in [6, 6.07) is 1.43. The minimum absolute atomic E-state index is 0.659.